The van der Waals surface area contributed by atoms with Gasteiger partial charge in [-0.15, -0.1) is 0 Å². The molecule has 1 saturated carbocycles. The molecule has 3 heteroatoms. The van der Waals surface area contributed by atoms with E-state index in [-0.39, 0.29) is 0 Å². The molecule has 3 unspecified atom stereocenters. The van der Waals surface area contributed by atoms with Gasteiger partial charge in [0.1, 0.15) is 0 Å². The Kier molecular flexibility index (Phi) is 4.98. The molecular formula is C13H26N2S. The van der Waals surface area contributed by atoms with Gasteiger partial charge in [-0.1, -0.05) is 19.8 Å². The summed E-state index contributed by atoms with van der Waals surface area (Å²) in [5.74, 6) is 0. The minimum atomic E-state index is 0.784. The maximum Gasteiger partial charge on any atom is 0.0221 e. The quantitative estimate of drug-likeness (QED) is 0.818. The van der Waals surface area contributed by atoms with Crippen molar-refractivity contribution in [3.63, 3.8) is 0 Å². The molecule has 0 aromatic rings. The van der Waals surface area contributed by atoms with Gasteiger partial charge in [0.15, 0.2) is 0 Å². The number of rotatable bonds is 3. The van der Waals surface area contributed by atoms with Crippen molar-refractivity contribution in [3.8, 4) is 0 Å². The second-order valence-corrected chi connectivity index (χ2v) is 6.21. The molecule has 16 heavy (non-hydrogen) atoms. The highest BCUT2D eigenvalue weighted by Gasteiger charge is 2.33. The molecule has 0 amide bonds. The van der Waals surface area contributed by atoms with Crippen LogP contribution in [0, 0.1) is 0 Å². The van der Waals surface area contributed by atoms with Gasteiger partial charge in [0.2, 0.25) is 0 Å². The highest BCUT2D eigenvalue weighted by molar-refractivity contribution is 7.99. The lowest BCUT2D eigenvalue weighted by atomic mass is 9.91. The van der Waals surface area contributed by atoms with E-state index in [1.165, 1.54) is 51.7 Å². The molecule has 1 saturated heterocycles. The molecule has 0 radical (unpaired) electrons. The SMILES string of the molecule is CCC1CNCCN1C1CCCCC1SC. The Morgan fingerprint density at radius 3 is 2.88 bits per heavy atom. The minimum absolute atomic E-state index is 0.784. The van der Waals surface area contributed by atoms with Crippen molar-refractivity contribution in [2.45, 2.75) is 56.4 Å². The van der Waals surface area contributed by atoms with E-state index >= 15 is 0 Å². The first-order valence-corrected chi connectivity index (χ1v) is 8.15. The number of nitrogens with one attached hydrogen (secondary N) is 1. The predicted octanol–water partition coefficient (Wildman–Crippen LogP) is 2.34. The summed E-state index contributed by atoms with van der Waals surface area (Å²) in [4.78, 5) is 2.82. The van der Waals surface area contributed by atoms with Crippen LogP contribution in [0.25, 0.3) is 0 Å². The summed E-state index contributed by atoms with van der Waals surface area (Å²) in [6.07, 6.45) is 9.36. The van der Waals surface area contributed by atoms with Crippen LogP contribution in [0.3, 0.4) is 0 Å². The normalized spacial score (nSPS) is 37.5. The Bertz CT molecular complexity index is 188. The zero-order chi connectivity index (χ0) is 11.4. The van der Waals surface area contributed by atoms with Crippen LogP contribution in [-0.2, 0) is 0 Å². The molecule has 1 heterocycles. The topological polar surface area (TPSA) is 15.3 Å². The lowest BCUT2D eigenvalue weighted by Crippen LogP contribution is -2.58. The average Bonchev–Trinajstić information content (AvgIpc) is 2.38. The summed E-state index contributed by atoms with van der Waals surface area (Å²) in [7, 11) is 0. The Morgan fingerprint density at radius 2 is 2.12 bits per heavy atom. The molecule has 94 valence electrons. The van der Waals surface area contributed by atoms with E-state index in [1.807, 2.05) is 0 Å². The monoisotopic (exact) mass is 242 g/mol. The molecule has 1 aliphatic carbocycles. The molecule has 2 nitrogen and oxygen atoms in total. The van der Waals surface area contributed by atoms with Gasteiger partial charge in [-0.3, -0.25) is 4.90 Å². The molecule has 3 atom stereocenters. The third-order valence-electron chi connectivity index (χ3n) is 4.26. The fourth-order valence-corrected chi connectivity index (χ4v) is 4.33. The second kappa shape index (κ2) is 6.27. The predicted molar refractivity (Wildman–Crippen MR) is 73.2 cm³/mol. The summed E-state index contributed by atoms with van der Waals surface area (Å²) in [5, 5.41) is 4.43. The molecule has 2 rings (SSSR count). The minimum Gasteiger partial charge on any atom is -0.314 e. The van der Waals surface area contributed by atoms with E-state index in [0.29, 0.717) is 0 Å². The largest absolute Gasteiger partial charge is 0.314 e. The van der Waals surface area contributed by atoms with Gasteiger partial charge in [0, 0.05) is 37.0 Å². The highest BCUT2D eigenvalue weighted by atomic mass is 32.2. The summed E-state index contributed by atoms with van der Waals surface area (Å²) in [6, 6.07) is 1.64. The van der Waals surface area contributed by atoms with Gasteiger partial charge in [0.25, 0.3) is 0 Å². The van der Waals surface area contributed by atoms with Crippen LogP contribution in [0.15, 0.2) is 0 Å². The number of piperazine rings is 1. The smallest absolute Gasteiger partial charge is 0.0221 e. The first kappa shape index (κ1) is 12.7. The van der Waals surface area contributed by atoms with Crippen molar-refractivity contribution in [2.75, 3.05) is 25.9 Å². The van der Waals surface area contributed by atoms with E-state index in [2.05, 4.69) is 35.2 Å². The molecular weight excluding hydrogens is 216 g/mol. The summed E-state index contributed by atoms with van der Waals surface area (Å²) in [5.41, 5.74) is 0. The number of nitrogens with zero attached hydrogens (tertiary/aromatic N) is 1. The lowest BCUT2D eigenvalue weighted by molar-refractivity contribution is 0.0839. The van der Waals surface area contributed by atoms with Crippen LogP contribution in [0.1, 0.15) is 39.0 Å². The van der Waals surface area contributed by atoms with E-state index in [4.69, 9.17) is 0 Å². The van der Waals surface area contributed by atoms with Crippen molar-refractivity contribution in [1.29, 1.82) is 0 Å². The number of hydrogen-bond donors (Lipinski definition) is 1. The van der Waals surface area contributed by atoms with Crippen molar-refractivity contribution >= 4 is 11.8 Å². The Morgan fingerprint density at radius 1 is 1.31 bits per heavy atom. The molecule has 0 aromatic heterocycles. The van der Waals surface area contributed by atoms with Crippen LogP contribution in [0.4, 0.5) is 0 Å². The Balaban J connectivity index is 2.01. The third-order valence-corrected chi connectivity index (χ3v) is 5.42. The number of thioether (sulfide) groups is 1. The summed E-state index contributed by atoms with van der Waals surface area (Å²) >= 11 is 2.10. The Labute approximate surface area is 105 Å². The second-order valence-electron chi connectivity index (χ2n) is 5.13. The standard InChI is InChI=1S/C13H26N2S/c1-3-11-10-14-8-9-15(11)12-6-4-5-7-13(12)16-2/h11-14H,3-10H2,1-2H3. The van der Waals surface area contributed by atoms with Crippen molar-refractivity contribution in [1.82, 2.24) is 10.2 Å². The van der Waals surface area contributed by atoms with Crippen LogP contribution in [-0.4, -0.2) is 48.1 Å². The van der Waals surface area contributed by atoms with E-state index in [9.17, 15) is 0 Å². The molecule has 0 spiro atoms. The summed E-state index contributed by atoms with van der Waals surface area (Å²) in [6.45, 7) is 5.99. The first-order chi connectivity index (χ1) is 7.86. The highest BCUT2D eigenvalue weighted by Crippen LogP contribution is 2.32. The zero-order valence-corrected chi connectivity index (χ0v) is 11.6. The fourth-order valence-electron chi connectivity index (χ4n) is 3.32. The molecule has 1 N–H and O–H groups in total. The molecule has 2 fully saturated rings. The first-order valence-electron chi connectivity index (χ1n) is 6.86. The lowest BCUT2D eigenvalue weighted by Gasteiger charge is -2.45. The van der Waals surface area contributed by atoms with Crippen molar-refractivity contribution in [2.24, 2.45) is 0 Å². The zero-order valence-electron chi connectivity index (χ0n) is 10.7. The van der Waals surface area contributed by atoms with Gasteiger partial charge < -0.3 is 5.32 Å². The van der Waals surface area contributed by atoms with Crippen molar-refractivity contribution < 1.29 is 0 Å². The molecule has 0 bridgehead atoms. The maximum atomic E-state index is 3.54. The molecule has 1 aliphatic heterocycles. The maximum absolute atomic E-state index is 3.54. The van der Waals surface area contributed by atoms with Gasteiger partial charge in [-0.2, -0.15) is 11.8 Å². The van der Waals surface area contributed by atoms with Gasteiger partial charge in [0.05, 0.1) is 0 Å². The van der Waals surface area contributed by atoms with Crippen LogP contribution >= 0.6 is 11.8 Å². The fraction of sp³-hybridized carbons (Fsp3) is 1.00. The van der Waals surface area contributed by atoms with Crippen molar-refractivity contribution in [3.05, 3.63) is 0 Å². The summed E-state index contributed by atoms with van der Waals surface area (Å²) < 4.78 is 0. The van der Waals surface area contributed by atoms with E-state index in [0.717, 1.165) is 17.3 Å². The number of hydrogen-bond acceptors (Lipinski definition) is 3. The average molecular weight is 242 g/mol. The van der Waals surface area contributed by atoms with E-state index in [1.54, 1.807) is 0 Å². The third kappa shape index (κ3) is 2.74. The van der Waals surface area contributed by atoms with E-state index < -0.39 is 0 Å². The van der Waals surface area contributed by atoms with Gasteiger partial charge in [-0.25, -0.2) is 0 Å². The molecule has 0 aromatic carbocycles. The van der Waals surface area contributed by atoms with Crippen LogP contribution in [0.2, 0.25) is 0 Å². The van der Waals surface area contributed by atoms with Gasteiger partial charge >= 0.3 is 0 Å². The van der Waals surface area contributed by atoms with Crippen LogP contribution in [0.5, 0.6) is 0 Å². The van der Waals surface area contributed by atoms with Gasteiger partial charge in [-0.05, 0) is 25.5 Å². The van der Waals surface area contributed by atoms with Crippen LogP contribution < -0.4 is 5.32 Å². The molecule has 2 aliphatic rings. The Hall–Kier alpha value is 0.270.